The van der Waals surface area contributed by atoms with E-state index >= 15 is 0 Å². The highest BCUT2D eigenvalue weighted by Crippen LogP contribution is 2.26. The van der Waals surface area contributed by atoms with Crippen molar-refractivity contribution in [2.45, 2.75) is 64.8 Å². The number of aromatic nitrogens is 2. The molecule has 0 spiro atoms. The molecule has 1 aliphatic rings. The van der Waals surface area contributed by atoms with E-state index in [0.29, 0.717) is 17.2 Å². The van der Waals surface area contributed by atoms with Crippen molar-refractivity contribution in [3.05, 3.63) is 17.7 Å². The van der Waals surface area contributed by atoms with Crippen molar-refractivity contribution in [1.82, 2.24) is 15.3 Å². The third kappa shape index (κ3) is 3.93. The highest BCUT2D eigenvalue weighted by atomic mass is 16.2. The van der Waals surface area contributed by atoms with Crippen molar-refractivity contribution in [1.29, 1.82) is 0 Å². The Bertz CT molecular complexity index is 493. The minimum atomic E-state index is -0.170. The SMILES string of the molecule is CCC1CCC(NC(=O)c2nc(C(C)C)ncc2N)CC1. The molecule has 0 aromatic carbocycles. The lowest BCUT2D eigenvalue weighted by Gasteiger charge is -2.28. The Balaban J connectivity index is 2.02. The molecule has 1 heterocycles. The van der Waals surface area contributed by atoms with Crippen molar-refractivity contribution in [3.8, 4) is 0 Å². The van der Waals surface area contributed by atoms with E-state index in [1.165, 1.54) is 25.5 Å². The molecule has 2 rings (SSSR count). The van der Waals surface area contributed by atoms with Crippen LogP contribution in [-0.4, -0.2) is 21.9 Å². The summed E-state index contributed by atoms with van der Waals surface area (Å²) in [5.74, 6) is 1.48. The number of anilines is 1. The van der Waals surface area contributed by atoms with Crippen LogP contribution in [0.25, 0.3) is 0 Å². The molecular weight excluding hydrogens is 264 g/mol. The molecule has 0 radical (unpaired) electrons. The summed E-state index contributed by atoms with van der Waals surface area (Å²) in [5.41, 5.74) is 6.51. The molecule has 0 bridgehead atoms. The van der Waals surface area contributed by atoms with Gasteiger partial charge in [0.25, 0.3) is 5.91 Å². The Morgan fingerprint density at radius 2 is 2.05 bits per heavy atom. The number of carbonyl (C=O) groups excluding carboxylic acids is 1. The number of nitrogens with two attached hydrogens (primary N) is 1. The van der Waals surface area contributed by atoms with Gasteiger partial charge in [0.05, 0.1) is 11.9 Å². The molecule has 1 aliphatic carbocycles. The molecule has 0 unspecified atom stereocenters. The van der Waals surface area contributed by atoms with Crippen LogP contribution in [0, 0.1) is 5.92 Å². The van der Waals surface area contributed by atoms with Crippen molar-refractivity contribution < 1.29 is 4.79 Å². The Morgan fingerprint density at radius 3 is 2.62 bits per heavy atom. The quantitative estimate of drug-likeness (QED) is 0.893. The molecule has 1 saturated carbocycles. The smallest absolute Gasteiger partial charge is 0.272 e. The van der Waals surface area contributed by atoms with E-state index in [-0.39, 0.29) is 17.9 Å². The lowest BCUT2D eigenvalue weighted by molar-refractivity contribution is 0.0917. The standard InChI is InChI=1S/C16H26N4O/c1-4-11-5-7-12(8-6-11)19-16(21)14-13(17)9-18-15(20-14)10(2)3/h9-12H,4-8,17H2,1-3H3,(H,19,21). The Hall–Kier alpha value is -1.65. The summed E-state index contributed by atoms with van der Waals surface area (Å²) in [5, 5.41) is 3.08. The van der Waals surface area contributed by atoms with Gasteiger partial charge in [0, 0.05) is 12.0 Å². The maximum Gasteiger partial charge on any atom is 0.272 e. The number of amides is 1. The minimum absolute atomic E-state index is 0.170. The number of hydrogen-bond donors (Lipinski definition) is 2. The summed E-state index contributed by atoms with van der Waals surface area (Å²) in [6.45, 7) is 6.23. The van der Waals surface area contributed by atoms with Crippen LogP contribution in [-0.2, 0) is 0 Å². The van der Waals surface area contributed by atoms with Gasteiger partial charge in [0.2, 0.25) is 0 Å². The van der Waals surface area contributed by atoms with Crippen LogP contribution >= 0.6 is 0 Å². The maximum atomic E-state index is 12.4. The molecule has 5 heteroatoms. The van der Waals surface area contributed by atoms with Crippen LogP contribution in [0.4, 0.5) is 5.69 Å². The second kappa shape index (κ2) is 6.87. The number of carbonyl (C=O) groups is 1. The molecule has 1 aromatic rings. The average molecular weight is 290 g/mol. The van der Waals surface area contributed by atoms with Crippen molar-refractivity contribution in [2.75, 3.05) is 5.73 Å². The second-order valence-corrected chi connectivity index (χ2v) is 6.29. The fraction of sp³-hybridized carbons (Fsp3) is 0.688. The van der Waals surface area contributed by atoms with Crippen LogP contribution in [0.5, 0.6) is 0 Å². The predicted octanol–water partition coefficient (Wildman–Crippen LogP) is 2.88. The molecule has 1 amide bonds. The topological polar surface area (TPSA) is 80.9 Å². The largest absolute Gasteiger partial charge is 0.396 e. The van der Waals surface area contributed by atoms with Crippen LogP contribution in [0.3, 0.4) is 0 Å². The highest BCUT2D eigenvalue weighted by molar-refractivity contribution is 5.97. The first-order valence-electron chi connectivity index (χ1n) is 7.94. The lowest BCUT2D eigenvalue weighted by atomic mass is 9.84. The van der Waals surface area contributed by atoms with Gasteiger partial charge in [0.1, 0.15) is 5.82 Å². The molecule has 1 fully saturated rings. The predicted molar refractivity (Wildman–Crippen MR) is 84.0 cm³/mol. The van der Waals surface area contributed by atoms with Gasteiger partial charge in [-0.25, -0.2) is 9.97 Å². The van der Waals surface area contributed by atoms with Crippen molar-refractivity contribution in [3.63, 3.8) is 0 Å². The van der Waals surface area contributed by atoms with E-state index in [9.17, 15) is 4.79 Å². The van der Waals surface area contributed by atoms with Gasteiger partial charge in [0.15, 0.2) is 5.69 Å². The molecule has 5 nitrogen and oxygen atoms in total. The molecular formula is C16H26N4O. The second-order valence-electron chi connectivity index (χ2n) is 6.29. The molecule has 0 aliphatic heterocycles. The zero-order chi connectivity index (χ0) is 15.4. The molecule has 116 valence electrons. The van der Waals surface area contributed by atoms with Gasteiger partial charge < -0.3 is 11.1 Å². The average Bonchev–Trinajstić information content (AvgIpc) is 2.48. The first kappa shape index (κ1) is 15.7. The first-order chi connectivity index (χ1) is 10.0. The van der Waals surface area contributed by atoms with Crippen LogP contribution in [0.2, 0.25) is 0 Å². The third-order valence-electron chi connectivity index (χ3n) is 4.33. The fourth-order valence-electron chi connectivity index (χ4n) is 2.83. The Labute approximate surface area is 126 Å². The summed E-state index contributed by atoms with van der Waals surface area (Å²) in [4.78, 5) is 20.9. The van der Waals surface area contributed by atoms with E-state index in [1.54, 1.807) is 0 Å². The van der Waals surface area contributed by atoms with E-state index in [2.05, 4.69) is 22.2 Å². The van der Waals surface area contributed by atoms with E-state index < -0.39 is 0 Å². The van der Waals surface area contributed by atoms with Gasteiger partial charge >= 0.3 is 0 Å². The van der Waals surface area contributed by atoms with E-state index in [0.717, 1.165) is 18.8 Å². The van der Waals surface area contributed by atoms with Gasteiger partial charge in [-0.2, -0.15) is 0 Å². The summed E-state index contributed by atoms with van der Waals surface area (Å²) in [6.07, 6.45) is 7.25. The fourth-order valence-corrected chi connectivity index (χ4v) is 2.83. The summed E-state index contributed by atoms with van der Waals surface area (Å²) in [7, 11) is 0. The zero-order valence-corrected chi connectivity index (χ0v) is 13.2. The number of nitrogens with zero attached hydrogens (tertiary/aromatic N) is 2. The molecule has 3 N–H and O–H groups in total. The number of rotatable bonds is 4. The Morgan fingerprint density at radius 1 is 1.38 bits per heavy atom. The van der Waals surface area contributed by atoms with Crippen LogP contribution < -0.4 is 11.1 Å². The number of nitrogen functional groups attached to an aromatic ring is 1. The van der Waals surface area contributed by atoms with Gasteiger partial charge in [-0.3, -0.25) is 4.79 Å². The maximum absolute atomic E-state index is 12.4. The normalized spacial score (nSPS) is 22.3. The van der Waals surface area contributed by atoms with Gasteiger partial charge in [-0.15, -0.1) is 0 Å². The lowest BCUT2D eigenvalue weighted by Crippen LogP contribution is -2.38. The van der Waals surface area contributed by atoms with Crippen LogP contribution in [0.1, 0.15) is 75.1 Å². The Kier molecular flexibility index (Phi) is 5.15. The molecule has 0 saturated heterocycles. The van der Waals surface area contributed by atoms with Crippen molar-refractivity contribution in [2.24, 2.45) is 5.92 Å². The first-order valence-corrected chi connectivity index (χ1v) is 7.94. The summed E-state index contributed by atoms with van der Waals surface area (Å²) < 4.78 is 0. The molecule has 21 heavy (non-hydrogen) atoms. The van der Waals surface area contributed by atoms with Gasteiger partial charge in [-0.1, -0.05) is 27.2 Å². The van der Waals surface area contributed by atoms with Gasteiger partial charge in [-0.05, 0) is 31.6 Å². The monoisotopic (exact) mass is 290 g/mol. The molecule has 1 aromatic heterocycles. The summed E-state index contributed by atoms with van der Waals surface area (Å²) in [6, 6.07) is 0.247. The highest BCUT2D eigenvalue weighted by Gasteiger charge is 2.23. The zero-order valence-electron chi connectivity index (χ0n) is 13.2. The number of nitrogens with one attached hydrogen (secondary N) is 1. The molecule has 0 atom stereocenters. The third-order valence-corrected chi connectivity index (χ3v) is 4.33. The van der Waals surface area contributed by atoms with E-state index in [1.807, 2.05) is 13.8 Å². The van der Waals surface area contributed by atoms with Crippen LogP contribution in [0.15, 0.2) is 6.20 Å². The minimum Gasteiger partial charge on any atom is -0.396 e. The van der Waals surface area contributed by atoms with Crippen molar-refractivity contribution >= 4 is 11.6 Å². The number of hydrogen-bond acceptors (Lipinski definition) is 4. The van der Waals surface area contributed by atoms with E-state index in [4.69, 9.17) is 5.73 Å². The summed E-state index contributed by atoms with van der Waals surface area (Å²) >= 11 is 0.